The van der Waals surface area contributed by atoms with Crippen molar-refractivity contribution in [2.45, 2.75) is 6.55 Å². The van der Waals surface area contributed by atoms with Gasteiger partial charge in [0.2, 0.25) is 0 Å². The van der Waals surface area contributed by atoms with Crippen molar-refractivity contribution in [2.24, 2.45) is 0 Å². The summed E-state index contributed by atoms with van der Waals surface area (Å²) in [6, 6.07) is 20.0. The van der Waals surface area contributed by atoms with Gasteiger partial charge in [-0.2, -0.15) is 36.4 Å². The quantitative estimate of drug-likeness (QED) is 0.431. The van der Waals surface area contributed by atoms with Crippen molar-refractivity contribution in [3.63, 3.8) is 0 Å². The topological polar surface area (TPSA) is 29.5 Å². The molecule has 0 aliphatic heterocycles. The van der Waals surface area contributed by atoms with E-state index in [2.05, 4.69) is 6.55 Å². The van der Waals surface area contributed by atoms with Crippen molar-refractivity contribution >= 4 is 5.68 Å². The number of aliphatic hydroxyl groups is 1. The van der Waals surface area contributed by atoms with Gasteiger partial charge in [-0.15, -0.1) is 0 Å². The first-order chi connectivity index (χ1) is 8.27. The van der Waals surface area contributed by atoms with E-state index in [1.54, 1.807) is 0 Å². The molecule has 2 aromatic carbocycles. The zero-order valence-corrected chi connectivity index (χ0v) is 15.8. The van der Waals surface area contributed by atoms with Crippen LogP contribution in [0.25, 0.3) is 0 Å². The molecule has 0 bridgehead atoms. The Morgan fingerprint density at radius 1 is 1.00 bits per heavy atom. The van der Waals surface area contributed by atoms with Gasteiger partial charge in [0.05, 0.1) is 0 Å². The standard InChI is InChI=1S/2C5H5.C3H8O2Si.2ClH.Zr/c2*1-2-4-5-3-1;1-6-5-3-2-4;;;/h2*1-5H;4H,2-3H2,1H3;2*1H;/q2*-1;;;;+2/p-2. The van der Waals surface area contributed by atoms with Crippen LogP contribution in [-0.2, 0) is 27.8 Å². The summed E-state index contributed by atoms with van der Waals surface area (Å²) in [5, 5.41) is 8.22. The second kappa shape index (κ2) is 20.6. The first-order valence-electron chi connectivity index (χ1n) is 5.39. The molecule has 2 aromatic rings. The van der Waals surface area contributed by atoms with Gasteiger partial charge in [0.15, 0.2) is 0 Å². The zero-order chi connectivity index (χ0) is 12.8. The molecule has 0 aliphatic rings. The van der Waals surface area contributed by atoms with Crippen LogP contribution >= 0.6 is 0 Å². The molecule has 6 heteroatoms. The third-order valence-corrected chi connectivity index (χ3v) is 3.22. The number of rotatable bonds is 3. The molecule has 106 valence electrons. The molecule has 19 heavy (non-hydrogen) atoms. The van der Waals surface area contributed by atoms with E-state index in [0.717, 1.165) is 0 Å². The molecule has 0 fully saturated rings. The van der Waals surface area contributed by atoms with Crippen LogP contribution < -0.4 is 24.8 Å². The van der Waals surface area contributed by atoms with Crippen molar-refractivity contribution < 1.29 is 57.7 Å². The van der Waals surface area contributed by atoms with Crippen molar-refractivity contribution in [3.05, 3.63) is 60.7 Å². The molecule has 0 unspecified atom stereocenters. The van der Waals surface area contributed by atoms with E-state index in [9.17, 15) is 0 Å². The van der Waals surface area contributed by atoms with Gasteiger partial charge in [-0.3, -0.25) is 0 Å². The van der Waals surface area contributed by atoms with E-state index in [4.69, 9.17) is 9.53 Å². The van der Waals surface area contributed by atoms with Crippen LogP contribution in [0, 0.1) is 0 Å². The van der Waals surface area contributed by atoms with Crippen molar-refractivity contribution in [3.8, 4) is 0 Å². The maximum Gasteiger partial charge on any atom is -0.172 e. The molecule has 0 aromatic heterocycles. The van der Waals surface area contributed by atoms with E-state index in [1.165, 1.54) is 23.3 Å². The molecule has 0 radical (unpaired) electrons. The Labute approximate surface area is 143 Å². The molecule has 0 amide bonds. The van der Waals surface area contributed by atoms with Crippen molar-refractivity contribution in [2.75, 3.05) is 13.2 Å². The normalized spacial score (nSPS) is 7.58. The first-order valence-corrected chi connectivity index (χ1v) is 11.0. The van der Waals surface area contributed by atoms with Crippen molar-refractivity contribution in [1.29, 1.82) is 0 Å². The van der Waals surface area contributed by atoms with E-state index in [1.807, 2.05) is 60.7 Å². The van der Waals surface area contributed by atoms with Crippen LogP contribution in [0.2, 0.25) is 6.55 Å². The van der Waals surface area contributed by atoms with Crippen molar-refractivity contribution in [1.82, 2.24) is 0 Å². The van der Waals surface area contributed by atoms with Crippen LogP contribution in [0.3, 0.4) is 0 Å². The minimum absolute atomic E-state index is 0. The summed E-state index contributed by atoms with van der Waals surface area (Å²) in [5.74, 6) is 0. The predicted octanol–water partition coefficient (Wildman–Crippen LogP) is -3.52. The molecule has 0 saturated heterocycles. The first kappa shape index (κ1) is 24.3. The molecule has 0 aliphatic carbocycles. The molecule has 2 nitrogen and oxygen atoms in total. The molecular formula is C13H18Cl2O2SiZr-2. The SMILES string of the molecule is C[Si](=[Zr+2])OCCO.[Cl-].[Cl-].c1cc[cH-]c1.c1cc[cH-]c1. The van der Waals surface area contributed by atoms with E-state index in [-0.39, 0.29) is 31.4 Å². The minimum Gasteiger partial charge on any atom is -1.00 e. The number of aliphatic hydroxyl groups excluding tert-OH is 1. The second-order valence-electron chi connectivity index (χ2n) is 3.05. The van der Waals surface area contributed by atoms with Crippen LogP contribution in [0.1, 0.15) is 0 Å². The summed E-state index contributed by atoms with van der Waals surface area (Å²) in [6.45, 7) is 2.77. The van der Waals surface area contributed by atoms with E-state index in [0.29, 0.717) is 6.61 Å². The fraction of sp³-hybridized carbons (Fsp3) is 0.231. The Hall–Kier alpha value is 0.300. The predicted molar refractivity (Wildman–Crippen MR) is 68.7 cm³/mol. The summed E-state index contributed by atoms with van der Waals surface area (Å²) in [4.78, 5) is 0. The maximum atomic E-state index is 8.22. The Morgan fingerprint density at radius 3 is 1.47 bits per heavy atom. The van der Waals surface area contributed by atoms with Crippen LogP contribution in [-0.4, -0.2) is 24.0 Å². The van der Waals surface area contributed by atoms with Gasteiger partial charge < -0.3 is 24.8 Å². The average molecular weight is 397 g/mol. The summed E-state index contributed by atoms with van der Waals surface area (Å²) in [6.07, 6.45) is 0. The van der Waals surface area contributed by atoms with Crippen LogP contribution in [0.5, 0.6) is 0 Å². The van der Waals surface area contributed by atoms with E-state index >= 15 is 0 Å². The molecule has 0 atom stereocenters. The molecular weight excluding hydrogens is 378 g/mol. The fourth-order valence-corrected chi connectivity index (χ4v) is 1.99. The average Bonchev–Trinajstić information content (AvgIpc) is 3.01. The second-order valence-corrected chi connectivity index (χ2v) is 9.65. The summed E-state index contributed by atoms with van der Waals surface area (Å²) in [7, 11) is 0. The molecule has 2 rings (SSSR count). The Morgan fingerprint density at radius 2 is 1.37 bits per heavy atom. The summed E-state index contributed by atoms with van der Waals surface area (Å²) in [5.41, 5.74) is -0.467. The summed E-state index contributed by atoms with van der Waals surface area (Å²) >= 11 is 1.47. The van der Waals surface area contributed by atoms with Crippen LogP contribution in [0.4, 0.5) is 0 Å². The van der Waals surface area contributed by atoms with Gasteiger partial charge in [-0.1, -0.05) is 0 Å². The van der Waals surface area contributed by atoms with Gasteiger partial charge >= 0.3 is 58.3 Å². The van der Waals surface area contributed by atoms with Gasteiger partial charge in [0, 0.05) is 0 Å². The van der Waals surface area contributed by atoms with Crippen LogP contribution in [0.15, 0.2) is 60.7 Å². The van der Waals surface area contributed by atoms with Gasteiger partial charge in [-0.05, 0) is 0 Å². The Balaban J connectivity index is -0.000000194. The monoisotopic (exact) mass is 394 g/mol. The fourth-order valence-electron chi connectivity index (χ4n) is 0.840. The number of halogens is 2. The molecule has 0 spiro atoms. The number of hydrogen-bond donors (Lipinski definition) is 1. The zero-order valence-electron chi connectivity index (χ0n) is 10.8. The number of hydrogen-bond acceptors (Lipinski definition) is 2. The third kappa shape index (κ3) is 23.8. The van der Waals surface area contributed by atoms with Gasteiger partial charge in [0.25, 0.3) is 0 Å². The Kier molecular flexibility index (Phi) is 26.4. The molecule has 0 saturated carbocycles. The Bertz CT molecular complexity index is 279. The third-order valence-electron chi connectivity index (χ3n) is 1.52. The molecule has 0 heterocycles. The smallest absolute Gasteiger partial charge is 0.172 e. The summed E-state index contributed by atoms with van der Waals surface area (Å²) < 4.78 is 5.08. The minimum atomic E-state index is -0.467. The van der Waals surface area contributed by atoms with E-state index < -0.39 is 5.68 Å². The maximum absolute atomic E-state index is 8.22. The molecule has 1 N–H and O–H groups in total. The largest absolute Gasteiger partial charge is 1.00 e. The van der Waals surface area contributed by atoms with Gasteiger partial charge in [-0.25, -0.2) is 24.3 Å². The van der Waals surface area contributed by atoms with Gasteiger partial charge in [0.1, 0.15) is 0 Å².